The van der Waals surface area contributed by atoms with E-state index in [0.717, 1.165) is 0 Å². The van der Waals surface area contributed by atoms with Gasteiger partial charge in [0, 0.05) is 18.7 Å². The molecule has 5 nitrogen and oxygen atoms in total. The fraction of sp³-hybridized carbons (Fsp3) is 0.273. The molecule has 0 aliphatic carbocycles. The van der Waals surface area contributed by atoms with Crippen molar-refractivity contribution in [3.8, 4) is 0 Å². The Morgan fingerprint density at radius 1 is 1.53 bits per heavy atom. The molecule has 0 aromatic heterocycles. The van der Waals surface area contributed by atoms with E-state index in [4.69, 9.17) is 5.73 Å². The summed E-state index contributed by atoms with van der Waals surface area (Å²) in [5, 5.41) is 2.47. The molecule has 17 heavy (non-hydrogen) atoms. The lowest BCUT2D eigenvalue weighted by atomic mass is 10.2. The van der Waals surface area contributed by atoms with Crippen molar-refractivity contribution in [1.82, 2.24) is 5.32 Å². The van der Waals surface area contributed by atoms with Crippen molar-refractivity contribution in [3.05, 3.63) is 30.1 Å². The van der Waals surface area contributed by atoms with E-state index in [2.05, 4.69) is 5.32 Å². The van der Waals surface area contributed by atoms with Crippen LogP contribution in [0.3, 0.4) is 0 Å². The first kappa shape index (κ1) is 11.4. The minimum Gasteiger partial charge on any atom is -0.352 e. The van der Waals surface area contributed by atoms with Gasteiger partial charge in [0.05, 0.1) is 6.04 Å². The number of carbonyl (C=O) groups is 2. The number of rotatable bonds is 2. The molecule has 1 aromatic carbocycles. The monoisotopic (exact) mass is 237 g/mol. The molecule has 1 aliphatic rings. The number of urea groups is 1. The predicted molar refractivity (Wildman–Crippen MR) is 59.9 cm³/mol. The fourth-order valence-electron chi connectivity index (χ4n) is 1.90. The number of carbonyl (C=O) groups excluding carboxylic acids is 2. The van der Waals surface area contributed by atoms with Gasteiger partial charge in [0.1, 0.15) is 5.82 Å². The second-order valence-electron chi connectivity index (χ2n) is 3.89. The Labute approximate surface area is 97.4 Å². The zero-order chi connectivity index (χ0) is 12.4. The topological polar surface area (TPSA) is 75.4 Å². The molecule has 1 aromatic rings. The third kappa shape index (κ3) is 2.52. The lowest BCUT2D eigenvalue weighted by molar-refractivity contribution is -0.117. The Balaban J connectivity index is 2.13. The molecule has 1 aliphatic heterocycles. The first-order chi connectivity index (χ1) is 8.06. The quantitative estimate of drug-likeness (QED) is 0.790. The summed E-state index contributed by atoms with van der Waals surface area (Å²) in [5.74, 6) is -0.559. The van der Waals surface area contributed by atoms with Crippen molar-refractivity contribution in [2.24, 2.45) is 5.73 Å². The van der Waals surface area contributed by atoms with E-state index < -0.39 is 11.8 Å². The summed E-state index contributed by atoms with van der Waals surface area (Å²) < 4.78 is 13.0. The molecule has 0 bridgehead atoms. The van der Waals surface area contributed by atoms with Crippen LogP contribution in [0.15, 0.2) is 24.3 Å². The van der Waals surface area contributed by atoms with Crippen molar-refractivity contribution < 1.29 is 14.0 Å². The maximum absolute atomic E-state index is 13.0. The number of amides is 3. The number of nitrogens with one attached hydrogen (secondary N) is 1. The summed E-state index contributed by atoms with van der Waals surface area (Å²) in [7, 11) is 0. The number of hydrogen-bond donors (Lipinski definition) is 2. The number of hydrogen-bond acceptors (Lipinski definition) is 2. The van der Waals surface area contributed by atoms with E-state index in [1.807, 2.05) is 0 Å². The molecule has 1 heterocycles. The molecule has 1 fully saturated rings. The van der Waals surface area contributed by atoms with E-state index in [9.17, 15) is 14.0 Å². The molecule has 2 rings (SSSR count). The third-order valence-electron chi connectivity index (χ3n) is 2.59. The van der Waals surface area contributed by atoms with Gasteiger partial charge in [0.2, 0.25) is 5.91 Å². The fourth-order valence-corrected chi connectivity index (χ4v) is 1.90. The summed E-state index contributed by atoms with van der Waals surface area (Å²) in [4.78, 5) is 23.8. The van der Waals surface area contributed by atoms with Crippen LogP contribution in [0.5, 0.6) is 0 Å². The number of halogens is 1. The zero-order valence-corrected chi connectivity index (χ0v) is 9.02. The van der Waals surface area contributed by atoms with Crippen LogP contribution in [0.1, 0.15) is 6.42 Å². The summed E-state index contributed by atoms with van der Waals surface area (Å²) >= 11 is 0. The Hall–Kier alpha value is -2.11. The van der Waals surface area contributed by atoms with Gasteiger partial charge in [-0.25, -0.2) is 9.18 Å². The summed E-state index contributed by atoms with van der Waals surface area (Å²) in [6, 6.07) is 4.79. The van der Waals surface area contributed by atoms with Crippen molar-refractivity contribution in [1.29, 1.82) is 0 Å². The van der Waals surface area contributed by atoms with E-state index in [1.54, 1.807) is 6.07 Å². The molecule has 1 atom stereocenters. The van der Waals surface area contributed by atoms with Crippen LogP contribution in [-0.2, 0) is 4.79 Å². The van der Waals surface area contributed by atoms with Crippen LogP contribution in [0.25, 0.3) is 0 Å². The maximum atomic E-state index is 13.0. The Kier molecular flexibility index (Phi) is 2.95. The van der Waals surface area contributed by atoms with Crippen molar-refractivity contribution >= 4 is 17.6 Å². The molecule has 1 saturated heterocycles. The predicted octanol–water partition coefficient (Wildman–Crippen LogP) is 0.599. The van der Waals surface area contributed by atoms with Gasteiger partial charge >= 0.3 is 6.03 Å². The number of benzene rings is 1. The van der Waals surface area contributed by atoms with Gasteiger partial charge in [0.25, 0.3) is 0 Å². The molecule has 0 radical (unpaired) electrons. The highest BCUT2D eigenvalue weighted by Gasteiger charge is 2.31. The van der Waals surface area contributed by atoms with Gasteiger partial charge in [-0.1, -0.05) is 6.07 Å². The minimum absolute atomic E-state index is 0.158. The van der Waals surface area contributed by atoms with Crippen molar-refractivity contribution in [2.75, 3.05) is 11.4 Å². The van der Waals surface area contributed by atoms with Gasteiger partial charge in [-0.3, -0.25) is 4.79 Å². The standard InChI is InChI=1S/C11H12FN3O2/c12-7-2-1-3-9(4-7)15-6-8(5-10(15)16)14-11(13)17/h1-4,8H,5-6H2,(H3,13,14,17)/t8-/m0/s1. The Morgan fingerprint density at radius 3 is 2.94 bits per heavy atom. The molecule has 3 N–H and O–H groups in total. The van der Waals surface area contributed by atoms with Gasteiger partial charge < -0.3 is 16.0 Å². The third-order valence-corrected chi connectivity index (χ3v) is 2.59. The van der Waals surface area contributed by atoms with E-state index in [0.29, 0.717) is 12.2 Å². The summed E-state index contributed by atoms with van der Waals surface area (Å²) in [6.45, 7) is 0.311. The molecule has 0 unspecified atom stereocenters. The van der Waals surface area contributed by atoms with Crippen molar-refractivity contribution in [2.45, 2.75) is 12.5 Å². The van der Waals surface area contributed by atoms with Crippen LogP contribution in [0.4, 0.5) is 14.9 Å². The SMILES string of the molecule is NC(=O)N[C@H]1CC(=O)N(c2cccc(F)c2)C1. The first-order valence-electron chi connectivity index (χ1n) is 5.18. The maximum Gasteiger partial charge on any atom is 0.312 e. The largest absolute Gasteiger partial charge is 0.352 e. The highest BCUT2D eigenvalue weighted by atomic mass is 19.1. The summed E-state index contributed by atoms with van der Waals surface area (Å²) in [6.07, 6.45) is 0.180. The van der Waals surface area contributed by atoms with E-state index >= 15 is 0 Å². The smallest absolute Gasteiger partial charge is 0.312 e. The minimum atomic E-state index is -0.663. The van der Waals surface area contributed by atoms with Gasteiger partial charge in [-0.15, -0.1) is 0 Å². The molecule has 90 valence electrons. The molecule has 0 spiro atoms. The second-order valence-corrected chi connectivity index (χ2v) is 3.89. The van der Waals surface area contributed by atoms with Crippen molar-refractivity contribution in [3.63, 3.8) is 0 Å². The number of anilines is 1. The second kappa shape index (κ2) is 4.40. The van der Waals surface area contributed by atoms with Crippen LogP contribution >= 0.6 is 0 Å². The van der Waals surface area contributed by atoms with Gasteiger partial charge in [-0.2, -0.15) is 0 Å². The molecular formula is C11H12FN3O2. The van der Waals surface area contributed by atoms with Crippen LogP contribution in [-0.4, -0.2) is 24.5 Å². The normalized spacial score (nSPS) is 19.5. The zero-order valence-electron chi connectivity index (χ0n) is 9.02. The van der Waals surface area contributed by atoms with Crippen LogP contribution < -0.4 is 16.0 Å². The highest BCUT2D eigenvalue weighted by molar-refractivity contribution is 5.96. The van der Waals surface area contributed by atoms with E-state index in [1.165, 1.54) is 23.1 Å². The number of primary amides is 1. The van der Waals surface area contributed by atoms with E-state index in [-0.39, 0.29) is 18.4 Å². The van der Waals surface area contributed by atoms with Crippen LogP contribution in [0.2, 0.25) is 0 Å². The lowest BCUT2D eigenvalue weighted by Crippen LogP contribution is -2.40. The summed E-state index contributed by atoms with van der Waals surface area (Å²) in [5.41, 5.74) is 5.48. The number of nitrogens with two attached hydrogens (primary N) is 1. The Morgan fingerprint density at radius 2 is 2.29 bits per heavy atom. The average molecular weight is 237 g/mol. The molecule has 6 heteroatoms. The highest BCUT2D eigenvalue weighted by Crippen LogP contribution is 2.22. The molecule has 3 amide bonds. The lowest BCUT2D eigenvalue weighted by Gasteiger charge is -2.16. The van der Waals surface area contributed by atoms with Gasteiger partial charge in [-0.05, 0) is 18.2 Å². The molecular weight excluding hydrogens is 225 g/mol. The first-order valence-corrected chi connectivity index (χ1v) is 5.18. The average Bonchev–Trinajstić information content (AvgIpc) is 2.58. The molecule has 0 saturated carbocycles. The Bertz CT molecular complexity index is 464. The van der Waals surface area contributed by atoms with Crippen LogP contribution in [0, 0.1) is 5.82 Å². The van der Waals surface area contributed by atoms with Gasteiger partial charge in [0.15, 0.2) is 0 Å². The number of nitrogens with zero attached hydrogens (tertiary/aromatic N) is 1.